The van der Waals surface area contributed by atoms with E-state index in [0.717, 1.165) is 12.4 Å². The average molecular weight is 257 g/mol. The Morgan fingerprint density at radius 2 is 2.29 bits per heavy atom. The number of aromatic nitrogens is 4. The van der Waals surface area contributed by atoms with E-state index in [-0.39, 0.29) is 0 Å². The van der Waals surface area contributed by atoms with Gasteiger partial charge in [0.25, 0.3) is 0 Å². The number of hydrogen-bond acceptors (Lipinski definition) is 6. The van der Waals surface area contributed by atoms with Crippen molar-refractivity contribution in [2.75, 3.05) is 31.8 Å². The molecule has 0 atom stereocenters. The van der Waals surface area contributed by atoms with Gasteiger partial charge in [-0.05, 0) is 34.8 Å². The first-order valence-corrected chi connectivity index (χ1v) is 7.11. The maximum Gasteiger partial charge on any atom is 0.165 e. The standard InChI is InChI=1S/C10H19N5OS/c1-16-5-4-11-8-10-12-13-14-15(10)9-2-6-17-7-3-9/h9,11H,2-8H2,1H3. The Hall–Kier alpha value is -0.660. The normalized spacial score (nSPS) is 17.5. The van der Waals surface area contributed by atoms with Gasteiger partial charge in [-0.1, -0.05) is 0 Å². The van der Waals surface area contributed by atoms with Crippen molar-refractivity contribution in [1.82, 2.24) is 25.5 Å². The van der Waals surface area contributed by atoms with Gasteiger partial charge in [0.2, 0.25) is 0 Å². The molecule has 0 aromatic carbocycles. The molecular formula is C10H19N5OS. The summed E-state index contributed by atoms with van der Waals surface area (Å²) in [6.07, 6.45) is 2.33. The zero-order chi connectivity index (χ0) is 11.9. The summed E-state index contributed by atoms with van der Waals surface area (Å²) >= 11 is 2.01. The van der Waals surface area contributed by atoms with Crippen LogP contribution in [-0.2, 0) is 11.3 Å². The zero-order valence-corrected chi connectivity index (χ0v) is 10.9. The molecule has 0 spiro atoms. The molecule has 7 heteroatoms. The van der Waals surface area contributed by atoms with E-state index < -0.39 is 0 Å². The molecule has 0 amide bonds. The zero-order valence-electron chi connectivity index (χ0n) is 10.1. The van der Waals surface area contributed by atoms with Crippen molar-refractivity contribution in [3.8, 4) is 0 Å². The van der Waals surface area contributed by atoms with Crippen LogP contribution >= 0.6 is 11.8 Å². The van der Waals surface area contributed by atoms with Crippen LogP contribution < -0.4 is 5.32 Å². The fourth-order valence-corrected chi connectivity index (χ4v) is 3.00. The number of methoxy groups -OCH3 is 1. The van der Waals surface area contributed by atoms with Gasteiger partial charge in [0.1, 0.15) is 0 Å². The van der Waals surface area contributed by atoms with Crippen LogP contribution in [0.15, 0.2) is 0 Å². The molecule has 1 aromatic rings. The summed E-state index contributed by atoms with van der Waals surface area (Å²) in [6.45, 7) is 2.24. The highest BCUT2D eigenvalue weighted by Crippen LogP contribution is 2.26. The fraction of sp³-hybridized carbons (Fsp3) is 0.900. The number of ether oxygens (including phenoxy) is 1. The number of nitrogens with one attached hydrogen (secondary N) is 1. The highest BCUT2D eigenvalue weighted by Gasteiger charge is 2.19. The summed E-state index contributed by atoms with van der Waals surface area (Å²) < 4.78 is 6.97. The van der Waals surface area contributed by atoms with Gasteiger partial charge in [0, 0.05) is 13.7 Å². The third-order valence-electron chi connectivity index (χ3n) is 2.86. The lowest BCUT2D eigenvalue weighted by Gasteiger charge is -2.22. The van der Waals surface area contributed by atoms with Crippen LogP contribution in [0.2, 0.25) is 0 Å². The molecule has 17 heavy (non-hydrogen) atoms. The Kier molecular flexibility index (Phi) is 5.21. The highest BCUT2D eigenvalue weighted by molar-refractivity contribution is 7.99. The minimum absolute atomic E-state index is 0.477. The van der Waals surface area contributed by atoms with Gasteiger partial charge >= 0.3 is 0 Å². The van der Waals surface area contributed by atoms with E-state index in [4.69, 9.17) is 4.74 Å². The van der Waals surface area contributed by atoms with Crippen molar-refractivity contribution in [1.29, 1.82) is 0 Å². The van der Waals surface area contributed by atoms with Crippen molar-refractivity contribution < 1.29 is 4.74 Å². The summed E-state index contributed by atoms with van der Waals surface area (Å²) in [6, 6.07) is 0.477. The fourth-order valence-electron chi connectivity index (χ4n) is 1.92. The second-order valence-electron chi connectivity index (χ2n) is 4.05. The van der Waals surface area contributed by atoms with E-state index in [1.54, 1.807) is 7.11 Å². The molecule has 0 radical (unpaired) electrons. The van der Waals surface area contributed by atoms with Gasteiger partial charge in [-0.25, -0.2) is 4.68 Å². The molecule has 0 saturated carbocycles. The SMILES string of the molecule is COCCNCc1nnnn1C1CCSCC1. The number of thioether (sulfide) groups is 1. The first kappa shape index (κ1) is 12.8. The smallest absolute Gasteiger partial charge is 0.165 e. The van der Waals surface area contributed by atoms with Crippen LogP contribution in [0.1, 0.15) is 24.7 Å². The van der Waals surface area contributed by atoms with Crippen molar-refractivity contribution in [3.05, 3.63) is 5.82 Å². The summed E-state index contributed by atoms with van der Waals surface area (Å²) in [5.74, 6) is 3.35. The van der Waals surface area contributed by atoms with Gasteiger partial charge in [-0.2, -0.15) is 11.8 Å². The van der Waals surface area contributed by atoms with Gasteiger partial charge in [-0.15, -0.1) is 5.10 Å². The Morgan fingerprint density at radius 3 is 3.06 bits per heavy atom. The Balaban J connectivity index is 1.87. The average Bonchev–Trinajstić information content (AvgIpc) is 2.84. The number of tetrazole rings is 1. The lowest BCUT2D eigenvalue weighted by Crippen LogP contribution is -2.24. The van der Waals surface area contributed by atoms with Gasteiger partial charge < -0.3 is 10.1 Å². The number of rotatable bonds is 6. The first-order valence-electron chi connectivity index (χ1n) is 5.96. The van der Waals surface area contributed by atoms with Crippen molar-refractivity contribution in [3.63, 3.8) is 0 Å². The minimum Gasteiger partial charge on any atom is -0.383 e. The predicted molar refractivity (Wildman–Crippen MR) is 67.0 cm³/mol. The molecule has 2 rings (SSSR count). The topological polar surface area (TPSA) is 64.9 Å². The van der Waals surface area contributed by atoms with Gasteiger partial charge in [0.15, 0.2) is 5.82 Å². The molecule has 1 fully saturated rings. The predicted octanol–water partition coefficient (Wildman–Crippen LogP) is 0.477. The summed E-state index contributed by atoms with van der Waals surface area (Å²) in [4.78, 5) is 0. The van der Waals surface area contributed by atoms with E-state index >= 15 is 0 Å². The summed E-state index contributed by atoms with van der Waals surface area (Å²) in [7, 11) is 1.70. The molecule has 0 bridgehead atoms. The molecule has 1 N–H and O–H groups in total. The number of nitrogens with zero attached hydrogens (tertiary/aromatic N) is 4. The first-order chi connectivity index (χ1) is 8.42. The maximum atomic E-state index is 4.98. The van der Waals surface area contributed by atoms with Crippen LogP contribution in [0.25, 0.3) is 0 Å². The number of hydrogen-bond donors (Lipinski definition) is 1. The molecule has 6 nitrogen and oxygen atoms in total. The van der Waals surface area contributed by atoms with Crippen molar-refractivity contribution >= 4 is 11.8 Å². The van der Waals surface area contributed by atoms with E-state index in [0.29, 0.717) is 19.2 Å². The van der Waals surface area contributed by atoms with Crippen LogP contribution in [0.3, 0.4) is 0 Å². The Bertz CT molecular complexity index is 326. The van der Waals surface area contributed by atoms with Crippen LogP contribution in [0.5, 0.6) is 0 Å². The second kappa shape index (κ2) is 6.93. The molecule has 1 aliphatic heterocycles. The lowest BCUT2D eigenvalue weighted by molar-refractivity contribution is 0.198. The van der Waals surface area contributed by atoms with E-state index in [2.05, 4.69) is 20.8 Å². The van der Waals surface area contributed by atoms with Crippen LogP contribution in [0, 0.1) is 0 Å². The highest BCUT2D eigenvalue weighted by atomic mass is 32.2. The second-order valence-corrected chi connectivity index (χ2v) is 5.28. The molecule has 96 valence electrons. The van der Waals surface area contributed by atoms with E-state index in [9.17, 15) is 0 Å². The largest absolute Gasteiger partial charge is 0.383 e. The molecule has 2 heterocycles. The van der Waals surface area contributed by atoms with Crippen LogP contribution in [-0.4, -0.2) is 52.0 Å². The van der Waals surface area contributed by atoms with E-state index in [1.165, 1.54) is 24.3 Å². The molecule has 1 saturated heterocycles. The molecule has 0 aliphatic carbocycles. The molecule has 1 aliphatic rings. The van der Waals surface area contributed by atoms with Gasteiger partial charge in [-0.3, -0.25) is 0 Å². The third kappa shape index (κ3) is 3.65. The van der Waals surface area contributed by atoms with Crippen molar-refractivity contribution in [2.24, 2.45) is 0 Å². The Labute approximate surface area is 105 Å². The Morgan fingerprint density at radius 1 is 1.47 bits per heavy atom. The third-order valence-corrected chi connectivity index (χ3v) is 3.91. The van der Waals surface area contributed by atoms with Gasteiger partial charge in [0.05, 0.1) is 19.2 Å². The molecule has 1 aromatic heterocycles. The molecular weight excluding hydrogens is 238 g/mol. The monoisotopic (exact) mass is 257 g/mol. The quantitative estimate of drug-likeness (QED) is 0.748. The summed E-state index contributed by atoms with van der Waals surface area (Å²) in [5, 5.41) is 15.3. The maximum absolute atomic E-state index is 4.98. The molecule has 0 unspecified atom stereocenters. The minimum atomic E-state index is 0.477. The van der Waals surface area contributed by atoms with Crippen LogP contribution in [0.4, 0.5) is 0 Å². The van der Waals surface area contributed by atoms with Crippen molar-refractivity contribution in [2.45, 2.75) is 25.4 Å². The summed E-state index contributed by atoms with van der Waals surface area (Å²) in [5.41, 5.74) is 0. The lowest BCUT2D eigenvalue weighted by atomic mass is 10.1. The van der Waals surface area contributed by atoms with E-state index in [1.807, 2.05) is 16.4 Å².